The van der Waals surface area contributed by atoms with E-state index in [-0.39, 0.29) is 6.61 Å². The van der Waals surface area contributed by atoms with Gasteiger partial charge in [-0.25, -0.2) is 4.98 Å². The Morgan fingerprint density at radius 1 is 1.36 bits per heavy atom. The van der Waals surface area contributed by atoms with Crippen LogP contribution in [0.4, 0.5) is 0 Å². The molecule has 0 radical (unpaired) electrons. The quantitative estimate of drug-likeness (QED) is 0.782. The van der Waals surface area contributed by atoms with Crippen molar-refractivity contribution in [3.63, 3.8) is 0 Å². The number of fused-ring (bicyclic) bond motifs is 1. The highest BCUT2D eigenvalue weighted by atomic mass is 16.5. The number of pyridine rings is 1. The van der Waals surface area contributed by atoms with E-state index in [0.29, 0.717) is 5.88 Å². The molecule has 0 aliphatic carbocycles. The molecule has 0 spiro atoms. The van der Waals surface area contributed by atoms with Gasteiger partial charge in [-0.3, -0.25) is 0 Å². The fourth-order valence-electron chi connectivity index (χ4n) is 1.45. The van der Waals surface area contributed by atoms with E-state index in [1.54, 1.807) is 13.3 Å². The van der Waals surface area contributed by atoms with Gasteiger partial charge in [-0.2, -0.15) is 0 Å². The summed E-state index contributed by atoms with van der Waals surface area (Å²) in [6.07, 6.45) is 1.71. The van der Waals surface area contributed by atoms with Crippen LogP contribution in [0, 0.1) is 0 Å². The maximum Gasteiger partial charge on any atom is 0.221 e. The molecule has 0 amide bonds. The molecule has 2 aromatic rings. The van der Waals surface area contributed by atoms with Crippen LogP contribution in [0.5, 0.6) is 5.88 Å². The Balaban J connectivity index is 2.70. The molecule has 3 heteroatoms. The van der Waals surface area contributed by atoms with E-state index >= 15 is 0 Å². The summed E-state index contributed by atoms with van der Waals surface area (Å²) in [6.45, 7) is 0.0357. The third-order valence-electron chi connectivity index (χ3n) is 2.17. The van der Waals surface area contributed by atoms with Crippen molar-refractivity contribution in [3.8, 4) is 5.88 Å². The summed E-state index contributed by atoms with van der Waals surface area (Å²) in [7, 11) is 1.59. The monoisotopic (exact) mass is 189 g/mol. The first-order chi connectivity index (χ1) is 6.85. The van der Waals surface area contributed by atoms with Crippen molar-refractivity contribution in [2.45, 2.75) is 6.61 Å². The van der Waals surface area contributed by atoms with Gasteiger partial charge in [0.15, 0.2) is 0 Å². The van der Waals surface area contributed by atoms with Crippen molar-refractivity contribution >= 4 is 10.8 Å². The first-order valence-electron chi connectivity index (χ1n) is 4.37. The minimum absolute atomic E-state index is 0.0357. The lowest BCUT2D eigenvalue weighted by Gasteiger charge is -2.04. The molecule has 1 aromatic heterocycles. The summed E-state index contributed by atoms with van der Waals surface area (Å²) >= 11 is 0. The lowest BCUT2D eigenvalue weighted by Crippen LogP contribution is -1.90. The molecule has 2 rings (SSSR count). The molecule has 0 atom stereocenters. The van der Waals surface area contributed by atoms with Gasteiger partial charge in [0.05, 0.1) is 13.7 Å². The Bertz CT molecular complexity index is 454. The van der Waals surface area contributed by atoms with Gasteiger partial charge in [0.1, 0.15) is 0 Å². The number of aromatic nitrogens is 1. The molecule has 3 nitrogen and oxygen atoms in total. The number of ether oxygens (including phenoxy) is 1. The van der Waals surface area contributed by atoms with Gasteiger partial charge in [-0.15, -0.1) is 0 Å². The van der Waals surface area contributed by atoms with Crippen LogP contribution in [0.15, 0.2) is 30.5 Å². The third-order valence-corrected chi connectivity index (χ3v) is 2.17. The van der Waals surface area contributed by atoms with Crippen molar-refractivity contribution in [2.75, 3.05) is 7.11 Å². The number of nitrogens with zero attached hydrogens (tertiary/aromatic N) is 1. The van der Waals surface area contributed by atoms with E-state index in [2.05, 4.69) is 4.98 Å². The molecular formula is C11H11NO2. The predicted molar refractivity (Wildman–Crippen MR) is 54.2 cm³/mol. The molecule has 1 aromatic carbocycles. The van der Waals surface area contributed by atoms with Crippen LogP contribution >= 0.6 is 0 Å². The summed E-state index contributed by atoms with van der Waals surface area (Å²) in [5.41, 5.74) is 0.865. The van der Waals surface area contributed by atoms with Gasteiger partial charge < -0.3 is 9.84 Å². The molecule has 0 fully saturated rings. The van der Waals surface area contributed by atoms with Crippen LogP contribution < -0.4 is 4.74 Å². The van der Waals surface area contributed by atoms with Crippen LogP contribution in [0.1, 0.15) is 5.56 Å². The summed E-state index contributed by atoms with van der Waals surface area (Å²) < 4.78 is 5.13. The van der Waals surface area contributed by atoms with Crippen LogP contribution in [-0.2, 0) is 6.61 Å². The maximum atomic E-state index is 9.00. The SMILES string of the molecule is COc1nccc2ccc(CO)cc12. The van der Waals surface area contributed by atoms with Crippen LogP contribution in [-0.4, -0.2) is 17.2 Å². The molecule has 1 heterocycles. The smallest absolute Gasteiger partial charge is 0.221 e. The normalized spacial score (nSPS) is 10.4. The highest BCUT2D eigenvalue weighted by Crippen LogP contribution is 2.23. The third kappa shape index (κ3) is 1.42. The summed E-state index contributed by atoms with van der Waals surface area (Å²) in [4.78, 5) is 4.10. The topological polar surface area (TPSA) is 42.4 Å². The molecule has 72 valence electrons. The maximum absolute atomic E-state index is 9.00. The largest absolute Gasteiger partial charge is 0.481 e. The first-order valence-corrected chi connectivity index (χ1v) is 4.37. The molecule has 1 N–H and O–H groups in total. The second kappa shape index (κ2) is 3.64. The minimum atomic E-state index is 0.0357. The van der Waals surface area contributed by atoms with E-state index in [0.717, 1.165) is 16.3 Å². The Labute approximate surface area is 82.0 Å². The van der Waals surface area contributed by atoms with Crippen molar-refractivity contribution in [2.24, 2.45) is 0 Å². The summed E-state index contributed by atoms with van der Waals surface area (Å²) in [6, 6.07) is 7.65. The van der Waals surface area contributed by atoms with Crippen molar-refractivity contribution in [1.82, 2.24) is 4.98 Å². The molecule has 0 unspecified atom stereocenters. The number of benzene rings is 1. The highest BCUT2D eigenvalue weighted by molar-refractivity contribution is 5.87. The van der Waals surface area contributed by atoms with E-state index < -0.39 is 0 Å². The van der Waals surface area contributed by atoms with Gasteiger partial charge in [-0.05, 0) is 23.1 Å². The Morgan fingerprint density at radius 3 is 2.93 bits per heavy atom. The molecule has 0 saturated heterocycles. The fourth-order valence-corrected chi connectivity index (χ4v) is 1.45. The summed E-state index contributed by atoms with van der Waals surface area (Å²) in [5.74, 6) is 0.595. The number of hydrogen-bond acceptors (Lipinski definition) is 3. The molecule has 0 aliphatic heterocycles. The van der Waals surface area contributed by atoms with E-state index in [1.165, 1.54) is 0 Å². The zero-order valence-corrected chi connectivity index (χ0v) is 7.90. The number of rotatable bonds is 2. The van der Waals surface area contributed by atoms with Gasteiger partial charge in [0.25, 0.3) is 0 Å². The van der Waals surface area contributed by atoms with Gasteiger partial charge in [0.2, 0.25) is 5.88 Å². The van der Waals surface area contributed by atoms with Crippen molar-refractivity contribution < 1.29 is 9.84 Å². The van der Waals surface area contributed by atoms with E-state index in [1.807, 2.05) is 24.3 Å². The first kappa shape index (κ1) is 8.97. The van der Waals surface area contributed by atoms with Crippen LogP contribution in [0.2, 0.25) is 0 Å². The molecule has 14 heavy (non-hydrogen) atoms. The second-order valence-electron chi connectivity index (χ2n) is 3.03. The average molecular weight is 189 g/mol. The van der Waals surface area contributed by atoms with Crippen LogP contribution in [0.25, 0.3) is 10.8 Å². The lowest BCUT2D eigenvalue weighted by molar-refractivity contribution is 0.282. The standard InChI is InChI=1S/C11H11NO2/c1-14-11-10-6-8(7-13)2-3-9(10)4-5-12-11/h2-6,13H,7H2,1H3. The van der Waals surface area contributed by atoms with E-state index in [4.69, 9.17) is 9.84 Å². The highest BCUT2D eigenvalue weighted by Gasteiger charge is 2.02. The van der Waals surface area contributed by atoms with Crippen LogP contribution in [0.3, 0.4) is 0 Å². The minimum Gasteiger partial charge on any atom is -0.481 e. The lowest BCUT2D eigenvalue weighted by atomic mass is 10.1. The number of aliphatic hydroxyl groups is 1. The zero-order valence-electron chi connectivity index (χ0n) is 7.90. The number of methoxy groups -OCH3 is 1. The zero-order chi connectivity index (χ0) is 9.97. The average Bonchev–Trinajstić information content (AvgIpc) is 2.27. The number of aliphatic hydroxyl groups excluding tert-OH is 1. The molecular weight excluding hydrogens is 178 g/mol. The van der Waals surface area contributed by atoms with E-state index in [9.17, 15) is 0 Å². The fraction of sp³-hybridized carbons (Fsp3) is 0.182. The number of hydrogen-bond donors (Lipinski definition) is 1. The second-order valence-corrected chi connectivity index (χ2v) is 3.03. The summed E-state index contributed by atoms with van der Waals surface area (Å²) in [5, 5.41) is 11.0. The van der Waals surface area contributed by atoms with Gasteiger partial charge >= 0.3 is 0 Å². The Hall–Kier alpha value is -1.61. The van der Waals surface area contributed by atoms with Gasteiger partial charge in [-0.1, -0.05) is 12.1 Å². The Morgan fingerprint density at radius 2 is 2.21 bits per heavy atom. The van der Waals surface area contributed by atoms with Crippen molar-refractivity contribution in [1.29, 1.82) is 0 Å². The molecule has 0 bridgehead atoms. The molecule has 0 aliphatic rings. The molecule has 0 saturated carbocycles. The van der Waals surface area contributed by atoms with Crippen molar-refractivity contribution in [3.05, 3.63) is 36.0 Å². The Kier molecular flexibility index (Phi) is 2.33. The predicted octanol–water partition coefficient (Wildman–Crippen LogP) is 1.74. The van der Waals surface area contributed by atoms with Gasteiger partial charge in [0, 0.05) is 11.6 Å².